The fourth-order valence-corrected chi connectivity index (χ4v) is 5.02. The van der Waals surface area contributed by atoms with E-state index in [1.54, 1.807) is 78.9 Å². The van der Waals surface area contributed by atoms with Crippen LogP contribution in [-0.2, 0) is 44.6 Å². The summed E-state index contributed by atoms with van der Waals surface area (Å²) in [5.41, 5.74) is -4.51. The molecule has 0 aromatic heterocycles. The highest BCUT2D eigenvalue weighted by molar-refractivity contribution is 7.87. The van der Waals surface area contributed by atoms with Crippen molar-refractivity contribution in [3.05, 3.63) is 108 Å². The standard InChI is InChI=1S/C28H25F3O9S/c29-28(30,31)41(33,34)40-24-23(38-25(32)19-12-6-2-7-13-19)22-21(17-36-26(39-22)20-14-8-3-9-15-20)37-27(24)35-16-18-10-4-1-5-11-18/h1-15,21-24,26-27H,16-17H2/t21-,22-,23+,24-,26?,27-/m1/s1. The zero-order valence-corrected chi connectivity index (χ0v) is 22.1. The topological polar surface area (TPSA) is 107 Å². The maximum atomic E-state index is 13.5. The smallest absolute Gasteiger partial charge is 0.453 e. The van der Waals surface area contributed by atoms with Crippen molar-refractivity contribution in [3.8, 4) is 0 Å². The van der Waals surface area contributed by atoms with Gasteiger partial charge in [0.2, 0.25) is 0 Å². The molecule has 0 saturated carbocycles. The Labute approximate surface area is 233 Å². The van der Waals surface area contributed by atoms with Crippen LogP contribution in [0.3, 0.4) is 0 Å². The second kappa shape index (κ2) is 12.3. The minimum absolute atomic E-state index is 0.0707. The van der Waals surface area contributed by atoms with Gasteiger partial charge in [-0.25, -0.2) is 4.79 Å². The summed E-state index contributed by atoms with van der Waals surface area (Å²) in [7, 11) is -6.19. The number of esters is 1. The molecule has 2 saturated heterocycles. The number of carbonyl (C=O) groups is 1. The number of alkyl halides is 3. The maximum absolute atomic E-state index is 13.5. The third-order valence-electron chi connectivity index (χ3n) is 6.39. The van der Waals surface area contributed by atoms with Crippen LogP contribution in [0.15, 0.2) is 91.0 Å². The molecule has 13 heteroatoms. The van der Waals surface area contributed by atoms with Gasteiger partial charge in [-0.1, -0.05) is 78.9 Å². The predicted octanol–water partition coefficient (Wildman–Crippen LogP) is 4.50. The minimum atomic E-state index is -6.19. The van der Waals surface area contributed by atoms with Crippen LogP contribution in [-0.4, -0.2) is 57.2 Å². The van der Waals surface area contributed by atoms with Gasteiger partial charge in [-0.05, 0) is 17.7 Å². The lowest BCUT2D eigenvalue weighted by Gasteiger charge is -2.48. The van der Waals surface area contributed by atoms with Crippen molar-refractivity contribution < 1.29 is 54.3 Å². The van der Waals surface area contributed by atoms with E-state index in [0.29, 0.717) is 11.1 Å². The van der Waals surface area contributed by atoms with E-state index in [-0.39, 0.29) is 18.8 Å². The van der Waals surface area contributed by atoms with Crippen LogP contribution in [0.4, 0.5) is 13.2 Å². The molecule has 5 rings (SSSR count). The van der Waals surface area contributed by atoms with Crippen LogP contribution < -0.4 is 0 Å². The quantitative estimate of drug-likeness (QED) is 0.212. The first-order valence-electron chi connectivity index (χ1n) is 12.5. The summed E-state index contributed by atoms with van der Waals surface area (Å²) in [5.74, 6) is -0.942. The molecule has 0 bridgehead atoms. The van der Waals surface area contributed by atoms with Crippen LogP contribution in [0.1, 0.15) is 27.8 Å². The highest BCUT2D eigenvalue weighted by atomic mass is 32.2. The molecule has 0 aliphatic carbocycles. The summed E-state index contributed by atoms with van der Waals surface area (Å²) in [6.45, 7) is -0.309. The monoisotopic (exact) mass is 594 g/mol. The number of benzene rings is 3. The van der Waals surface area contributed by atoms with Crippen LogP contribution in [0, 0.1) is 0 Å². The van der Waals surface area contributed by atoms with E-state index in [9.17, 15) is 26.4 Å². The zero-order valence-electron chi connectivity index (χ0n) is 21.3. The first-order valence-corrected chi connectivity index (χ1v) is 13.9. The number of halogens is 3. The molecule has 9 nitrogen and oxygen atoms in total. The van der Waals surface area contributed by atoms with E-state index in [2.05, 4.69) is 4.18 Å². The van der Waals surface area contributed by atoms with Crippen LogP contribution in [0.5, 0.6) is 0 Å². The summed E-state index contributed by atoms with van der Waals surface area (Å²) in [4.78, 5) is 13.1. The van der Waals surface area contributed by atoms with Crippen LogP contribution in [0.2, 0.25) is 0 Å². The summed E-state index contributed by atoms with van der Waals surface area (Å²) in [6, 6.07) is 24.9. The number of fused-ring (bicyclic) bond motifs is 1. The van der Waals surface area contributed by atoms with Gasteiger partial charge < -0.3 is 23.7 Å². The molecule has 2 fully saturated rings. The average molecular weight is 595 g/mol. The third-order valence-corrected chi connectivity index (χ3v) is 7.43. The van der Waals surface area contributed by atoms with Crippen molar-refractivity contribution in [2.45, 2.75) is 49.1 Å². The number of carbonyl (C=O) groups excluding carboxylic acids is 1. The molecular weight excluding hydrogens is 569 g/mol. The van der Waals surface area contributed by atoms with E-state index in [1.807, 2.05) is 0 Å². The molecule has 3 aromatic rings. The van der Waals surface area contributed by atoms with E-state index >= 15 is 0 Å². The fraction of sp³-hybridized carbons (Fsp3) is 0.321. The summed E-state index contributed by atoms with van der Waals surface area (Å²) in [6.07, 6.45) is -8.84. The first kappa shape index (κ1) is 29.2. The molecule has 0 amide bonds. The average Bonchev–Trinajstić information content (AvgIpc) is 2.98. The minimum Gasteiger partial charge on any atom is -0.453 e. The van der Waals surface area contributed by atoms with Crippen LogP contribution >= 0.6 is 0 Å². The lowest BCUT2D eigenvalue weighted by Crippen LogP contribution is -2.64. The Balaban J connectivity index is 1.50. The number of ether oxygens (including phenoxy) is 5. The van der Waals surface area contributed by atoms with Gasteiger partial charge >= 0.3 is 21.6 Å². The Morgan fingerprint density at radius 1 is 0.854 bits per heavy atom. The molecule has 0 N–H and O–H groups in total. The second-order valence-electron chi connectivity index (χ2n) is 9.21. The van der Waals surface area contributed by atoms with Gasteiger partial charge in [-0.2, -0.15) is 21.6 Å². The highest BCUT2D eigenvalue weighted by Gasteiger charge is 2.58. The van der Waals surface area contributed by atoms with Gasteiger partial charge in [0.05, 0.1) is 18.8 Å². The molecule has 2 heterocycles. The van der Waals surface area contributed by atoms with Crippen molar-refractivity contribution in [3.63, 3.8) is 0 Å². The number of hydrogen-bond acceptors (Lipinski definition) is 9. The lowest BCUT2D eigenvalue weighted by atomic mass is 9.97. The predicted molar refractivity (Wildman–Crippen MR) is 135 cm³/mol. The second-order valence-corrected chi connectivity index (χ2v) is 10.8. The number of hydrogen-bond donors (Lipinski definition) is 0. The Kier molecular flexibility index (Phi) is 8.73. The molecule has 1 unspecified atom stereocenters. The SMILES string of the molecule is O=C(O[C@@H]1[C@@H](OS(=O)(=O)C(F)(F)F)[C@H](OCc2ccccc2)O[C@@H]2COC(c3ccccc3)O[C@@H]12)c1ccccc1. The van der Waals surface area contributed by atoms with Gasteiger partial charge in [0.25, 0.3) is 0 Å². The van der Waals surface area contributed by atoms with Crippen molar-refractivity contribution in [2.24, 2.45) is 0 Å². The Morgan fingerprint density at radius 2 is 1.46 bits per heavy atom. The lowest BCUT2D eigenvalue weighted by molar-refractivity contribution is -0.358. The Hall–Kier alpha value is -3.33. The molecule has 218 valence electrons. The molecule has 41 heavy (non-hydrogen) atoms. The van der Waals surface area contributed by atoms with Crippen LogP contribution in [0.25, 0.3) is 0 Å². The number of rotatable bonds is 8. The van der Waals surface area contributed by atoms with Crippen molar-refractivity contribution in [2.75, 3.05) is 6.61 Å². The molecule has 0 radical (unpaired) electrons. The Morgan fingerprint density at radius 3 is 2.10 bits per heavy atom. The summed E-state index contributed by atoms with van der Waals surface area (Å²) in [5, 5.41) is 0. The van der Waals surface area contributed by atoms with Gasteiger partial charge in [0.1, 0.15) is 12.2 Å². The van der Waals surface area contributed by atoms with Crippen molar-refractivity contribution >= 4 is 16.1 Å². The largest absolute Gasteiger partial charge is 0.523 e. The van der Waals surface area contributed by atoms with E-state index < -0.39 is 58.6 Å². The first-order chi connectivity index (χ1) is 19.6. The molecule has 0 spiro atoms. The van der Waals surface area contributed by atoms with E-state index in [0.717, 1.165) is 0 Å². The van der Waals surface area contributed by atoms with Gasteiger partial charge in [0.15, 0.2) is 24.8 Å². The fourth-order valence-electron chi connectivity index (χ4n) is 4.42. The van der Waals surface area contributed by atoms with E-state index in [4.69, 9.17) is 23.7 Å². The van der Waals surface area contributed by atoms with E-state index in [1.165, 1.54) is 12.1 Å². The molecule has 3 aromatic carbocycles. The maximum Gasteiger partial charge on any atom is 0.523 e. The third kappa shape index (κ3) is 6.77. The Bertz CT molecular complexity index is 1410. The zero-order chi connectivity index (χ0) is 29.0. The molecule has 6 atom stereocenters. The van der Waals surface area contributed by atoms with Gasteiger partial charge in [0, 0.05) is 5.56 Å². The van der Waals surface area contributed by atoms with Crippen molar-refractivity contribution in [1.82, 2.24) is 0 Å². The van der Waals surface area contributed by atoms with Crippen molar-refractivity contribution in [1.29, 1.82) is 0 Å². The van der Waals surface area contributed by atoms with Gasteiger partial charge in [-0.15, -0.1) is 0 Å². The highest BCUT2D eigenvalue weighted by Crippen LogP contribution is 2.39. The normalized spacial score (nSPS) is 26.6. The molecule has 2 aliphatic heterocycles. The molecule has 2 aliphatic rings. The summed E-state index contributed by atoms with van der Waals surface area (Å²) >= 11 is 0. The van der Waals surface area contributed by atoms with Gasteiger partial charge in [-0.3, -0.25) is 4.18 Å². The summed E-state index contributed by atoms with van der Waals surface area (Å²) < 4.78 is 98.7. The molecular formula is C28H25F3O9S.